The highest BCUT2D eigenvalue weighted by molar-refractivity contribution is 4.75. The lowest BCUT2D eigenvalue weighted by molar-refractivity contribution is 0.118. The van der Waals surface area contributed by atoms with E-state index < -0.39 is 0 Å². The Morgan fingerprint density at radius 3 is 1.94 bits per heavy atom. The first kappa shape index (κ1) is 14.9. The highest BCUT2D eigenvalue weighted by Crippen LogP contribution is 2.08. The average molecular weight is 241 g/mol. The summed E-state index contributed by atoms with van der Waals surface area (Å²) in [5.74, 6) is 1.40. The molecule has 1 aliphatic heterocycles. The minimum atomic E-state index is 0.365. The number of hydrogen-bond acceptors (Lipinski definition) is 3. The van der Waals surface area contributed by atoms with E-state index in [1.54, 1.807) is 0 Å². The van der Waals surface area contributed by atoms with Crippen LogP contribution in [0, 0.1) is 11.8 Å². The summed E-state index contributed by atoms with van der Waals surface area (Å²) in [4.78, 5) is 5.16. The van der Waals surface area contributed by atoms with Crippen molar-refractivity contribution in [1.29, 1.82) is 0 Å². The molecule has 1 rings (SSSR count). The van der Waals surface area contributed by atoms with Gasteiger partial charge in [0.1, 0.15) is 0 Å². The molecule has 0 saturated carbocycles. The summed E-state index contributed by atoms with van der Waals surface area (Å²) in [6.07, 6.45) is 1.14. The maximum Gasteiger partial charge on any atom is 0.0110 e. The van der Waals surface area contributed by atoms with Crippen LogP contribution in [-0.4, -0.2) is 55.1 Å². The molecule has 0 aromatic rings. The van der Waals surface area contributed by atoms with E-state index in [-0.39, 0.29) is 0 Å². The van der Waals surface area contributed by atoms with Crippen LogP contribution in [0.2, 0.25) is 0 Å². The first-order valence-corrected chi connectivity index (χ1v) is 7.19. The largest absolute Gasteiger partial charge is 0.327 e. The van der Waals surface area contributed by atoms with Crippen LogP contribution in [0.5, 0.6) is 0 Å². The molecule has 102 valence electrons. The highest BCUT2D eigenvalue weighted by Gasteiger charge is 2.18. The SMILES string of the molecule is CC(C)CN1CCN(CC[C@@H](N)C(C)C)CC1. The van der Waals surface area contributed by atoms with Gasteiger partial charge in [-0.25, -0.2) is 0 Å². The van der Waals surface area contributed by atoms with E-state index in [1.807, 2.05) is 0 Å². The number of nitrogens with two attached hydrogens (primary N) is 1. The number of rotatable bonds is 6. The molecule has 0 unspecified atom stereocenters. The molecular formula is C14H31N3. The zero-order valence-corrected chi connectivity index (χ0v) is 12.2. The third kappa shape index (κ3) is 5.84. The van der Waals surface area contributed by atoms with E-state index in [0.29, 0.717) is 12.0 Å². The van der Waals surface area contributed by atoms with E-state index >= 15 is 0 Å². The van der Waals surface area contributed by atoms with Crippen LogP contribution < -0.4 is 5.73 Å². The van der Waals surface area contributed by atoms with Gasteiger partial charge in [0.05, 0.1) is 0 Å². The Labute approximate surface area is 107 Å². The van der Waals surface area contributed by atoms with Gasteiger partial charge in [-0.15, -0.1) is 0 Å². The number of nitrogens with zero attached hydrogens (tertiary/aromatic N) is 2. The van der Waals surface area contributed by atoms with Crippen molar-refractivity contribution in [2.45, 2.75) is 40.2 Å². The zero-order valence-electron chi connectivity index (χ0n) is 12.2. The van der Waals surface area contributed by atoms with E-state index in [1.165, 1.54) is 39.3 Å². The van der Waals surface area contributed by atoms with Gasteiger partial charge >= 0.3 is 0 Å². The van der Waals surface area contributed by atoms with Crippen molar-refractivity contribution in [2.24, 2.45) is 17.6 Å². The van der Waals surface area contributed by atoms with E-state index in [9.17, 15) is 0 Å². The summed E-state index contributed by atoms with van der Waals surface area (Å²) in [6.45, 7) is 16.4. The molecule has 0 aromatic heterocycles. The van der Waals surface area contributed by atoms with Gasteiger partial charge in [0.2, 0.25) is 0 Å². The lowest BCUT2D eigenvalue weighted by Gasteiger charge is -2.36. The topological polar surface area (TPSA) is 32.5 Å². The Kier molecular flexibility index (Phi) is 6.45. The van der Waals surface area contributed by atoms with E-state index in [0.717, 1.165) is 12.3 Å². The van der Waals surface area contributed by atoms with E-state index in [2.05, 4.69) is 37.5 Å². The minimum Gasteiger partial charge on any atom is -0.327 e. The van der Waals surface area contributed by atoms with Crippen LogP contribution in [0.15, 0.2) is 0 Å². The first-order valence-electron chi connectivity index (χ1n) is 7.19. The van der Waals surface area contributed by atoms with Gasteiger partial charge < -0.3 is 15.5 Å². The summed E-state index contributed by atoms with van der Waals surface area (Å²) >= 11 is 0. The fourth-order valence-electron chi connectivity index (χ4n) is 2.38. The van der Waals surface area contributed by atoms with Crippen molar-refractivity contribution in [1.82, 2.24) is 9.80 Å². The van der Waals surface area contributed by atoms with Crippen molar-refractivity contribution < 1.29 is 0 Å². The molecule has 1 saturated heterocycles. The van der Waals surface area contributed by atoms with Gasteiger partial charge in [-0.1, -0.05) is 27.7 Å². The molecule has 0 aliphatic carbocycles. The summed E-state index contributed by atoms with van der Waals surface area (Å²) in [5.41, 5.74) is 6.09. The van der Waals surface area contributed by atoms with Gasteiger partial charge in [0.15, 0.2) is 0 Å². The van der Waals surface area contributed by atoms with Gasteiger partial charge in [0.25, 0.3) is 0 Å². The first-order chi connectivity index (χ1) is 7.99. The predicted octanol–water partition coefficient (Wildman–Crippen LogP) is 1.63. The summed E-state index contributed by atoms with van der Waals surface area (Å²) < 4.78 is 0. The standard InChI is InChI=1S/C14H31N3/c1-12(2)11-17-9-7-16(8-10-17)6-5-14(15)13(3)4/h12-14H,5-11,15H2,1-4H3/t14-/m1/s1. The third-order valence-electron chi connectivity index (χ3n) is 3.72. The van der Waals surface area contributed by atoms with Crippen molar-refractivity contribution >= 4 is 0 Å². The molecule has 0 bridgehead atoms. The van der Waals surface area contributed by atoms with Crippen molar-refractivity contribution in [2.75, 3.05) is 39.3 Å². The predicted molar refractivity (Wildman–Crippen MR) is 75.1 cm³/mol. The molecule has 0 amide bonds. The minimum absolute atomic E-state index is 0.365. The van der Waals surface area contributed by atoms with Gasteiger partial charge in [0, 0.05) is 38.8 Å². The molecule has 0 radical (unpaired) electrons. The van der Waals surface area contributed by atoms with Crippen LogP contribution in [0.3, 0.4) is 0 Å². The normalized spacial score (nSPS) is 21.4. The van der Waals surface area contributed by atoms with Crippen LogP contribution in [0.4, 0.5) is 0 Å². The molecule has 1 atom stereocenters. The summed E-state index contributed by atoms with van der Waals surface area (Å²) in [6, 6.07) is 0.365. The van der Waals surface area contributed by atoms with Crippen molar-refractivity contribution in [3.8, 4) is 0 Å². The molecule has 3 heteroatoms. The fraction of sp³-hybridized carbons (Fsp3) is 1.00. The second kappa shape index (κ2) is 7.34. The van der Waals surface area contributed by atoms with Crippen LogP contribution in [0.1, 0.15) is 34.1 Å². The van der Waals surface area contributed by atoms with Gasteiger partial charge in [-0.05, 0) is 24.8 Å². The summed E-state index contributed by atoms with van der Waals surface area (Å²) in [5, 5.41) is 0. The third-order valence-corrected chi connectivity index (χ3v) is 3.72. The Hall–Kier alpha value is -0.120. The molecular weight excluding hydrogens is 210 g/mol. The molecule has 1 heterocycles. The fourth-order valence-corrected chi connectivity index (χ4v) is 2.38. The number of hydrogen-bond donors (Lipinski definition) is 1. The number of piperazine rings is 1. The summed E-state index contributed by atoms with van der Waals surface area (Å²) in [7, 11) is 0. The molecule has 1 aliphatic rings. The lowest BCUT2D eigenvalue weighted by atomic mass is 10.0. The smallest absolute Gasteiger partial charge is 0.0110 e. The second-order valence-electron chi connectivity index (χ2n) is 6.23. The van der Waals surface area contributed by atoms with Crippen LogP contribution in [-0.2, 0) is 0 Å². The van der Waals surface area contributed by atoms with Crippen LogP contribution in [0.25, 0.3) is 0 Å². The molecule has 2 N–H and O–H groups in total. The van der Waals surface area contributed by atoms with Gasteiger partial charge in [-0.2, -0.15) is 0 Å². The Morgan fingerprint density at radius 2 is 1.47 bits per heavy atom. The average Bonchev–Trinajstić information content (AvgIpc) is 2.26. The van der Waals surface area contributed by atoms with Crippen molar-refractivity contribution in [3.05, 3.63) is 0 Å². The highest BCUT2D eigenvalue weighted by atomic mass is 15.3. The van der Waals surface area contributed by atoms with Gasteiger partial charge in [-0.3, -0.25) is 0 Å². The van der Waals surface area contributed by atoms with E-state index in [4.69, 9.17) is 5.73 Å². The Bertz CT molecular complexity index is 196. The molecule has 1 fully saturated rings. The maximum absolute atomic E-state index is 6.09. The lowest BCUT2D eigenvalue weighted by Crippen LogP contribution is -2.48. The maximum atomic E-state index is 6.09. The zero-order chi connectivity index (χ0) is 12.8. The Balaban J connectivity index is 2.15. The molecule has 17 heavy (non-hydrogen) atoms. The molecule has 0 spiro atoms. The quantitative estimate of drug-likeness (QED) is 0.767. The Morgan fingerprint density at radius 1 is 0.941 bits per heavy atom. The molecule has 0 aromatic carbocycles. The second-order valence-corrected chi connectivity index (χ2v) is 6.23. The van der Waals surface area contributed by atoms with Crippen LogP contribution >= 0.6 is 0 Å². The van der Waals surface area contributed by atoms with Crippen molar-refractivity contribution in [3.63, 3.8) is 0 Å². The monoisotopic (exact) mass is 241 g/mol. The molecule has 3 nitrogen and oxygen atoms in total.